The fourth-order valence-electron chi connectivity index (χ4n) is 3.56. The number of hydrogen-bond donors (Lipinski definition) is 0. The summed E-state index contributed by atoms with van der Waals surface area (Å²) in [6.45, 7) is 8.86. The van der Waals surface area contributed by atoms with E-state index in [1.165, 1.54) is 4.68 Å². The second-order valence-electron chi connectivity index (χ2n) is 7.62. The third-order valence-electron chi connectivity index (χ3n) is 5.12. The Morgan fingerprint density at radius 2 is 2.00 bits per heavy atom. The molecule has 0 amide bonds. The Labute approximate surface area is 185 Å². The highest BCUT2D eigenvalue weighted by molar-refractivity contribution is 7.11. The number of hydrogen-bond acceptors (Lipinski definition) is 5. The molecule has 4 aromatic rings. The third-order valence-corrected chi connectivity index (χ3v) is 5.92. The summed E-state index contributed by atoms with van der Waals surface area (Å²) in [4.78, 5) is 19.2. The van der Waals surface area contributed by atoms with Crippen molar-refractivity contribution < 1.29 is 4.74 Å². The maximum atomic E-state index is 13.4. The Morgan fingerprint density at radius 1 is 1.19 bits per heavy atom. The summed E-state index contributed by atoms with van der Waals surface area (Å²) in [6.07, 6.45) is 1.71. The van der Waals surface area contributed by atoms with E-state index in [2.05, 4.69) is 25.0 Å². The van der Waals surface area contributed by atoms with Crippen LogP contribution in [0.1, 0.15) is 42.7 Å². The van der Waals surface area contributed by atoms with Gasteiger partial charge < -0.3 is 4.74 Å². The molecular weight excluding hydrogens is 406 g/mol. The minimum atomic E-state index is -0.187. The van der Waals surface area contributed by atoms with E-state index in [1.807, 2.05) is 55.6 Å². The molecule has 2 heterocycles. The molecule has 0 aliphatic rings. The molecule has 2 aromatic heterocycles. The number of aryl methyl sites for hydroxylation is 1. The number of fused-ring (bicyclic) bond motifs is 1. The summed E-state index contributed by atoms with van der Waals surface area (Å²) in [5.41, 5.74) is 3.41. The van der Waals surface area contributed by atoms with Crippen molar-refractivity contribution >= 4 is 28.5 Å². The van der Waals surface area contributed by atoms with E-state index in [0.717, 1.165) is 27.3 Å². The van der Waals surface area contributed by atoms with Crippen LogP contribution in [-0.4, -0.2) is 22.5 Å². The Balaban J connectivity index is 1.99. The van der Waals surface area contributed by atoms with Gasteiger partial charge in [0.05, 0.1) is 23.7 Å². The molecule has 0 N–H and O–H groups in total. The molecule has 0 fully saturated rings. The zero-order valence-corrected chi connectivity index (χ0v) is 18.9. The van der Waals surface area contributed by atoms with Gasteiger partial charge in [0, 0.05) is 10.4 Å². The number of para-hydroxylation sites is 1. The predicted molar refractivity (Wildman–Crippen MR) is 129 cm³/mol. The van der Waals surface area contributed by atoms with Gasteiger partial charge in [-0.15, -0.1) is 11.3 Å². The summed E-state index contributed by atoms with van der Waals surface area (Å²) in [5.74, 6) is 1.66. The van der Waals surface area contributed by atoms with Gasteiger partial charge in [0.2, 0.25) is 0 Å². The molecule has 0 aliphatic carbocycles. The van der Waals surface area contributed by atoms with E-state index in [9.17, 15) is 4.79 Å². The van der Waals surface area contributed by atoms with Crippen molar-refractivity contribution in [1.82, 2.24) is 9.66 Å². The van der Waals surface area contributed by atoms with Gasteiger partial charge in [0.25, 0.3) is 5.56 Å². The zero-order chi connectivity index (χ0) is 22.0. The van der Waals surface area contributed by atoms with Gasteiger partial charge in [-0.3, -0.25) is 4.79 Å². The predicted octanol–water partition coefficient (Wildman–Crippen LogP) is 5.84. The van der Waals surface area contributed by atoms with E-state index in [4.69, 9.17) is 9.72 Å². The van der Waals surface area contributed by atoms with Crippen molar-refractivity contribution in [2.45, 2.75) is 33.6 Å². The van der Waals surface area contributed by atoms with E-state index < -0.39 is 0 Å². The van der Waals surface area contributed by atoms with E-state index in [0.29, 0.717) is 23.3 Å². The van der Waals surface area contributed by atoms with Crippen molar-refractivity contribution in [1.29, 1.82) is 0 Å². The van der Waals surface area contributed by atoms with Crippen LogP contribution in [0.2, 0.25) is 0 Å². The van der Waals surface area contributed by atoms with Gasteiger partial charge in [0.1, 0.15) is 5.75 Å². The number of rotatable bonds is 6. The van der Waals surface area contributed by atoms with Crippen molar-refractivity contribution in [3.05, 3.63) is 80.3 Å². The first kappa shape index (κ1) is 21.0. The first-order valence-corrected chi connectivity index (χ1v) is 11.2. The Hall–Kier alpha value is -3.25. The lowest BCUT2D eigenvalue weighted by Gasteiger charge is -2.18. The van der Waals surface area contributed by atoms with Crippen molar-refractivity contribution in [2.75, 3.05) is 6.61 Å². The van der Waals surface area contributed by atoms with Crippen LogP contribution in [0.3, 0.4) is 0 Å². The highest BCUT2D eigenvalue weighted by Crippen LogP contribution is 2.34. The minimum absolute atomic E-state index is 0.187. The van der Waals surface area contributed by atoms with Crippen LogP contribution in [0.25, 0.3) is 22.3 Å². The Kier molecular flexibility index (Phi) is 6.00. The number of benzene rings is 2. The summed E-state index contributed by atoms with van der Waals surface area (Å²) < 4.78 is 7.29. The fourth-order valence-corrected chi connectivity index (χ4v) is 4.13. The summed E-state index contributed by atoms with van der Waals surface area (Å²) >= 11 is 1.57. The summed E-state index contributed by atoms with van der Waals surface area (Å²) in [7, 11) is 0. The Bertz CT molecular complexity index is 1300. The van der Waals surface area contributed by atoms with Crippen molar-refractivity contribution in [2.24, 2.45) is 5.10 Å². The lowest BCUT2D eigenvalue weighted by molar-refractivity contribution is 0.335. The molecule has 6 heteroatoms. The number of nitrogens with zero attached hydrogens (tertiary/aromatic N) is 3. The topological polar surface area (TPSA) is 56.5 Å². The molecule has 4 rings (SSSR count). The second kappa shape index (κ2) is 8.86. The number of aromatic nitrogens is 2. The lowest BCUT2D eigenvalue weighted by Crippen LogP contribution is -2.20. The molecule has 0 unspecified atom stereocenters. The first-order chi connectivity index (χ1) is 15.0. The van der Waals surface area contributed by atoms with Gasteiger partial charge in [-0.25, -0.2) is 4.98 Å². The molecule has 158 valence electrons. The highest BCUT2D eigenvalue weighted by Gasteiger charge is 2.18. The zero-order valence-electron chi connectivity index (χ0n) is 18.1. The normalized spacial score (nSPS) is 11.6. The van der Waals surface area contributed by atoms with Gasteiger partial charge in [0.15, 0.2) is 5.82 Å². The molecule has 5 nitrogen and oxygen atoms in total. The van der Waals surface area contributed by atoms with E-state index in [1.54, 1.807) is 23.6 Å². The molecule has 0 aliphatic heterocycles. The van der Waals surface area contributed by atoms with Crippen LogP contribution in [0.15, 0.2) is 63.8 Å². The fraction of sp³-hybridized carbons (Fsp3) is 0.240. The monoisotopic (exact) mass is 431 g/mol. The Morgan fingerprint density at radius 3 is 2.71 bits per heavy atom. The van der Waals surface area contributed by atoms with Crippen LogP contribution in [0.5, 0.6) is 5.75 Å². The molecule has 0 atom stereocenters. The molecule has 2 aromatic carbocycles. The molecule has 0 saturated heterocycles. The molecule has 0 bridgehead atoms. The van der Waals surface area contributed by atoms with Crippen molar-refractivity contribution in [3.63, 3.8) is 0 Å². The summed E-state index contributed by atoms with van der Waals surface area (Å²) in [6, 6.07) is 15.4. The van der Waals surface area contributed by atoms with Crippen molar-refractivity contribution in [3.8, 4) is 17.1 Å². The smallest absolute Gasteiger partial charge is 0.282 e. The average molecular weight is 432 g/mol. The molecule has 0 spiro atoms. The molecular formula is C25H25N3O2S. The van der Waals surface area contributed by atoms with Crippen LogP contribution >= 0.6 is 11.3 Å². The van der Waals surface area contributed by atoms with E-state index >= 15 is 0 Å². The maximum Gasteiger partial charge on any atom is 0.282 e. The quantitative estimate of drug-likeness (QED) is 0.361. The van der Waals surface area contributed by atoms with Gasteiger partial charge >= 0.3 is 0 Å². The highest BCUT2D eigenvalue weighted by atomic mass is 32.1. The molecule has 0 radical (unpaired) electrons. The van der Waals surface area contributed by atoms with E-state index in [-0.39, 0.29) is 11.5 Å². The first-order valence-electron chi connectivity index (χ1n) is 10.4. The third kappa shape index (κ3) is 4.16. The SMILES string of the molecule is CCOc1cc(C)c(-c2nc3ccccc3c(=O)n2N=Cc2cccs2)cc1C(C)C. The minimum Gasteiger partial charge on any atom is -0.494 e. The van der Waals surface area contributed by atoms with Gasteiger partial charge in [-0.2, -0.15) is 9.78 Å². The standard InChI is InChI=1S/C25H25N3O2S/c1-5-30-23-13-17(4)21(14-20(23)16(2)3)24-27-22-11-7-6-10-19(22)25(29)28(24)26-15-18-9-8-12-31-18/h6-16H,5H2,1-4H3. The molecule has 31 heavy (non-hydrogen) atoms. The van der Waals surface area contributed by atoms with Crippen LogP contribution in [0, 0.1) is 6.92 Å². The van der Waals surface area contributed by atoms with Crippen LogP contribution in [-0.2, 0) is 0 Å². The molecule has 0 saturated carbocycles. The second-order valence-corrected chi connectivity index (χ2v) is 8.60. The average Bonchev–Trinajstić information content (AvgIpc) is 3.27. The number of thiophene rings is 1. The summed E-state index contributed by atoms with van der Waals surface area (Å²) in [5, 5.41) is 7.07. The van der Waals surface area contributed by atoms with Gasteiger partial charge in [-0.1, -0.05) is 32.0 Å². The van der Waals surface area contributed by atoms with Crippen LogP contribution < -0.4 is 10.3 Å². The maximum absolute atomic E-state index is 13.4. The number of ether oxygens (including phenoxy) is 1. The van der Waals surface area contributed by atoms with Crippen LogP contribution in [0.4, 0.5) is 0 Å². The van der Waals surface area contributed by atoms with Gasteiger partial charge in [-0.05, 0) is 66.6 Å². The largest absolute Gasteiger partial charge is 0.494 e. The lowest BCUT2D eigenvalue weighted by atomic mass is 9.96.